The van der Waals surface area contributed by atoms with Crippen LogP contribution in [0.3, 0.4) is 0 Å². The van der Waals surface area contributed by atoms with Gasteiger partial charge < -0.3 is 4.74 Å². The Balaban J connectivity index is 1.75. The Morgan fingerprint density at radius 3 is 2.50 bits per heavy atom. The average molecular weight is 412 g/mol. The van der Waals surface area contributed by atoms with E-state index in [1.807, 2.05) is 0 Å². The van der Waals surface area contributed by atoms with Gasteiger partial charge >= 0.3 is 0 Å². The van der Waals surface area contributed by atoms with E-state index in [2.05, 4.69) is 15.8 Å². The maximum absolute atomic E-state index is 12.2. The van der Waals surface area contributed by atoms with Crippen LogP contribution in [0, 0.1) is 0 Å². The molecule has 2 N–H and O–H groups in total. The quantitative estimate of drug-likeness (QED) is 0.626. The number of hydrogen-bond acceptors (Lipinski definition) is 7. The number of hydrazine groups is 1. The zero-order valence-corrected chi connectivity index (χ0v) is 16.1. The molecule has 136 valence electrons. The molecule has 26 heavy (non-hydrogen) atoms. The molecule has 10 heteroatoms. The molecule has 1 amide bonds. The first-order valence-corrected chi connectivity index (χ1v) is 10.4. The van der Waals surface area contributed by atoms with Gasteiger partial charge in [-0.2, -0.15) is 0 Å². The van der Waals surface area contributed by atoms with Crippen molar-refractivity contribution < 1.29 is 17.9 Å². The van der Waals surface area contributed by atoms with Gasteiger partial charge in [0.1, 0.15) is 11.3 Å². The van der Waals surface area contributed by atoms with Crippen molar-refractivity contribution in [1.82, 2.24) is 10.4 Å². The predicted molar refractivity (Wildman–Crippen MR) is 102 cm³/mol. The number of ether oxygens (including phenoxy) is 1. The minimum absolute atomic E-state index is 0.148. The number of aromatic nitrogens is 1. The van der Waals surface area contributed by atoms with Gasteiger partial charge in [0.05, 0.1) is 21.7 Å². The predicted octanol–water partition coefficient (Wildman–Crippen LogP) is 3.12. The van der Waals surface area contributed by atoms with E-state index < -0.39 is 15.7 Å². The third-order valence-corrected chi connectivity index (χ3v) is 6.07. The van der Waals surface area contributed by atoms with Crippen LogP contribution in [0.5, 0.6) is 5.75 Å². The molecule has 0 fully saturated rings. The first-order valence-electron chi connectivity index (χ1n) is 7.29. The number of fused-ring (bicyclic) bond motifs is 1. The fourth-order valence-electron chi connectivity index (χ4n) is 2.21. The van der Waals surface area contributed by atoms with Gasteiger partial charge in [-0.3, -0.25) is 15.6 Å². The van der Waals surface area contributed by atoms with Crippen molar-refractivity contribution in [3.63, 3.8) is 0 Å². The minimum Gasteiger partial charge on any atom is -0.494 e. The molecule has 1 heterocycles. The van der Waals surface area contributed by atoms with E-state index >= 15 is 0 Å². The second-order valence-electron chi connectivity index (χ2n) is 5.32. The normalized spacial score (nSPS) is 11.3. The molecule has 7 nitrogen and oxygen atoms in total. The number of carbonyl (C=O) groups excluding carboxylic acids is 1. The van der Waals surface area contributed by atoms with E-state index in [0.717, 1.165) is 11.0 Å². The highest BCUT2D eigenvalue weighted by Gasteiger charge is 2.14. The Labute approximate surface area is 158 Å². The van der Waals surface area contributed by atoms with Crippen LogP contribution in [0.25, 0.3) is 10.2 Å². The van der Waals surface area contributed by atoms with Crippen molar-refractivity contribution >= 4 is 54.0 Å². The van der Waals surface area contributed by atoms with Crippen molar-refractivity contribution in [2.75, 3.05) is 18.8 Å². The first kappa shape index (κ1) is 18.4. The number of benzene rings is 2. The summed E-state index contributed by atoms with van der Waals surface area (Å²) in [5.41, 5.74) is 6.15. The van der Waals surface area contributed by atoms with E-state index in [1.54, 1.807) is 12.1 Å². The Kier molecular flexibility index (Phi) is 5.03. The number of rotatable bonds is 5. The highest BCUT2D eigenvalue weighted by Crippen LogP contribution is 2.37. The fourth-order valence-corrected chi connectivity index (χ4v) is 3.95. The molecular weight excluding hydrogens is 398 g/mol. The van der Waals surface area contributed by atoms with Gasteiger partial charge in [0.25, 0.3) is 5.91 Å². The van der Waals surface area contributed by atoms with Crippen molar-refractivity contribution in [3.8, 4) is 5.75 Å². The molecular formula is C16H14ClN3O4S2. The first-order chi connectivity index (χ1) is 12.3. The number of nitrogens with zero attached hydrogens (tertiary/aromatic N) is 1. The monoisotopic (exact) mass is 411 g/mol. The van der Waals surface area contributed by atoms with Gasteiger partial charge in [-0.05, 0) is 36.4 Å². The summed E-state index contributed by atoms with van der Waals surface area (Å²) >= 11 is 7.43. The number of thiazole rings is 1. The summed E-state index contributed by atoms with van der Waals surface area (Å²) in [5, 5.41) is 0.974. The molecule has 0 saturated carbocycles. The van der Waals surface area contributed by atoms with E-state index in [-0.39, 0.29) is 4.90 Å². The van der Waals surface area contributed by atoms with Gasteiger partial charge in [0.2, 0.25) is 5.13 Å². The highest BCUT2D eigenvalue weighted by molar-refractivity contribution is 7.90. The molecule has 0 aliphatic carbocycles. The van der Waals surface area contributed by atoms with Gasteiger partial charge in [-0.1, -0.05) is 22.9 Å². The summed E-state index contributed by atoms with van der Waals surface area (Å²) in [6.07, 6.45) is 1.11. The Bertz CT molecular complexity index is 1080. The minimum atomic E-state index is -3.31. The number of halogens is 1. The lowest BCUT2D eigenvalue weighted by Crippen LogP contribution is -2.29. The SMILES string of the molecule is COc1ccc(Cl)c2sc(NNC(=O)c3ccc(S(C)(=O)=O)cc3)nc12. The van der Waals surface area contributed by atoms with Crippen LogP contribution < -0.4 is 15.6 Å². The molecule has 1 aromatic heterocycles. The van der Waals surface area contributed by atoms with Crippen LogP contribution in [0.2, 0.25) is 5.02 Å². The molecule has 0 spiro atoms. The van der Waals surface area contributed by atoms with Crippen LogP contribution in [0.15, 0.2) is 41.3 Å². The van der Waals surface area contributed by atoms with Gasteiger partial charge in [-0.25, -0.2) is 13.4 Å². The Hall–Kier alpha value is -2.36. The van der Waals surface area contributed by atoms with E-state index in [1.165, 1.54) is 42.7 Å². The van der Waals surface area contributed by atoms with Gasteiger partial charge in [-0.15, -0.1) is 0 Å². The maximum Gasteiger partial charge on any atom is 0.269 e. The molecule has 3 rings (SSSR count). The molecule has 3 aromatic rings. The lowest BCUT2D eigenvalue weighted by Gasteiger charge is -2.06. The molecule has 2 aromatic carbocycles. The van der Waals surface area contributed by atoms with E-state index in [9.17, 15) is 13.2 Å². The second-order valence-corrected chi connectivity index (χ2v) is 8.74. The van der Waals surface area contributed by atoms with E-state index in [0.29, 0.717) is 27.0 Å². The lowest BCUT2D eigenvalue weighted by molar-refractivity contribution is 0.0962. The summed E-state index contributed by atoms with van der Waals surface area (Å²) in [7, 11) is -1.77. The van der Waals surface area contributed by atoms with E-state index in [4.69, 9.17) is 16.3 Å². The number of hydrogen-bond donors (Lipinski definition) is 2. The summed E-state index contributed by atoms with van der Waals surface area (Å²) in [6.45, 7) is 0. The van der Waals surface area contributed by atoms with Gasteiger partial charge in [0, 0.05) is 11.8 Å². The van der Waals surface area contributed by atoms with Crippen LogP contribution in [0.1, 0.15) is 10.4 Å². The summed E-state index contributed by atoms with van der Waals surface area (Å²) < 4.78 is 28.9. The topological polar surface area (TPSA) is 97.4 Å². The molecule has 0 aliphatic rings. The zero-order chi connectivity index (χ0) is 18.9. The highest BCUT2D eigenvalue weighted by atomic mass is 35.5. The average Bonchev–Trinajstić information content (AvgIpc) is 3.04. The molecule has 0 unspecified atom stereocenters. The third-order valence-electron chi connectivity index (χ3n) is 3.51. The van der Waals surface area contributed by atoms with Crippen LogP contribution in [-0.2, 0) is 9.84 Å². The summed E-state index contributed by atoms with van der Waals surface area (Å²) in [5.74, 6) is 0.152. The number of sulfone groups is 1. The van der Waals surface area contributed by atoms with Crippen LogP contribution in [0.4, 0.5) is 5.13 Å². The lowest BCUT2D eigenvalue weighted by atomic mass is 10.2. The largest absolute Gasteiger partial charge is 0.494 e. The maximum atomic E-state index is 12.2. The molecule has 0 radical (unpaired) electrons. The molecule has 0 atom stereocenters. The van der Waals surface area contributed by atoms with Crippen molar-refractivity contribution in [2.45, 2.75) is 4.90 Å². The van der Waals surface area contributed by atoms with Gasteiger partial charge in [0.15, 0.2) is 9.84 Å². The van der Waals surface area contributed by atoms with Crippen molar-refractivity contribution in [2.24, 2.45) is 0 Å². The van der Waals surface area contributed by atoms with Crippen LogP contribution >= 0.6 is 22.9 Å². The number of carbonyl (C=O) groups is 1. The fraction of sp³-hybridized carbons (Fsp3) is 0.125. The standard InChI is InChI=1S/C16H14ClN3O4S2/c1-24-12-8-7-11(17)14-13(12)18-16(25-14)20-19-15(21)9-3-5-10(6-4-9)26(2,22)23/h3-8H,1-2H3,(H,18,20)(H,19,21). The third kappa shape index (κ3) is 3.74. The smallest absolute Gasteiger partial charge is 0.269 e. The Morgan fingerprint density at radius 2 is 1.88 bits per heavy atom. The van der Waals surface area contributed by atoms with Crippen molar-refractivity contribution in [1.29, 1.82) is 0 Å². The Morgan fingerprint density at radius 1 is 1.19 bits per heavy atom. The molecule has 0 bridgehead atoms. The molecule has 0 saturated heterocycles. The number of amides is 1. The van der Waals surface area contributed by atoms with Crippen molar-refractivity contribution in [3.05, 3.63) is 47.0 Å². The second kappa shape index (κ2) is 7.10. The van der Waals surface area contributed by atoms with Crippen LogP contribution in [-0.4, -0.2) is 32.7 Å². The number of methoxy groups -OCH3 is 1. The molecule has 0 aliphatic heterocycles. The number of nitrogens with one attached hydrogen (secondary N) is 2. The summed E-state index contributed by atoms with van der Waals surface area (Å²) in [6, 6.07) is 9.07. The summed E-state index contributed by atoms with van der Waals surface area (Å²) in [4.78, 5) is 16.7. The zero-order valence-electron chi connectivity index (χ0n) is 13.7. The number of anilines is 1.